The Balaban J connectivity index is 2.06. The minimum Gasteiger partial charge on any atom is -0.368 e. The van der Waals surface area contributed by atoms with Crippen LogP contribution in [0.5, 0.6) is 0 Å². The smallest absolute Gasteiger partial charge is 0.144 e. The van der Waals surface area contributed by atoms with Gasteiger partial charge in [0.05, 0.1) is 5.56 Å². The number of aryl methyl sites for hydroxylation is 2. The molecule has 1 unspecified atom stereocenters. The standard InChI is InChI=1S/C14H19N3S/c1-10-7-11(2)17-14(13(10)8-15)16-9-12-5-3-4-6-18-12/h7,12H,3-6,9H2,1-2H3,(H,16,17). The molecule has 0 bridgehead atoms. The van der Waals surface area contributed by atoms with E-state index in [0.717, 1.165) is 23.6 Å². The molecule has 2 rings (SSSR count). The van der Waals surface area contributed by atoms with Crippen molar-refractivity contribution < 1.29 is 0 Å². The zero-order valence-corrected chi connectivity index (χ0v) is 11.8. The molecule has 1 aliphatic rings. The molecular formula is C14H19N3S. The van der Waals surface area contributed by atoms with Gasteiger partial charge in [0.2, 0.25) is 0 Å². The first-order valence-electron chi connectivity index (χ1n) is 6.44. The molecule has 1 N–H and O–H groups in total. The molecule has 1 saturated heterocycles. The summed E-state index contributed by atoms with van der Waals surface area (Å²) in [5, 5.41) is 13.2. The Bertz CT molecular complexity index is 459. The summed E-state index contributed by atoms with van der Waals surface area (Å²) < 4.78 is 0. The van der Waals surface area contributed by atoms with E-state index < -0.39 is 0 Å². The van der Waals surface area contributed by atoms with Crippen LogP contribution < -0.4 is 5.32 Å². The van der Waals surface area contributed by atoms with Gasteiger partial charge in [-0.3, -0.25) is 0 Å². The van der Waals surface area contributed by atoms with Gasteiger partial charge in [0.1, 0.15) is 11.9 Å². The maximum atomic E-state index is 9.19. The van der Waals surface area contributed by atoms with E-state index in [9.17, 15) is 5.26 Å². The maximum Gasteiger partial charge on any atom is 0.144 e. The zero-order valence-electron chi connectivity index (χ0n) is 11.0. The van der Waals surface area contributed by atoms with Gasteiger partial charge in [-0.15, -0.1) is 0 Å². The fraction of sp³-hybridized carbons (Fsp3) is 0.571. The van der Waals surface area contributed by atoms with Crippen molar-refractivity contribution in [1.29, 1.82) is 5.26 Å². The largest absolute Gasteiger partial charge is 0.368 e. The highest BCUT2D eigenvalue weighted by molar-refractivity contribution is 7.99. The van der Waals surface area contributed by atoms with Crippen molar-refractivity contribution >= 4 is 17.6 Å². The molecule has 1 aromatic heterocycles. The Hall–Kier alpha value is -1.21. The third kappa shape index (κ3) is 3.17. The predicted molar refractivity (Wildman–Crippen MR) is 77.0 cm³/mol. The van der Waals surface area contributed by atoms with Gasteiger partial charge in [0.15, 0.2) is 0 Å². The topological polar surface area (TPSA) is 48.7 Å². The van der Waals surface area contributed by atoms with Crippen molar-refractivity contribution in [1.82, 2.24) is 4.98 Å². The van der Waals surface area contributed by atoms with Gasteiger partial charge in [0.25, 0.3) is 0 Å². The van der Waals surface area contributed by atoms with E-state index in [4.69, 9.17) is 0 Å². The highest BCUT2D eigenvalue weighted by Gasteiger charge is 2.15. The molecule has 0 radical (unpaired) electrons. The van der Waals surface area contributed by atoms with Gasteiger partial charge in [-0.05, 0) is 44.1 Å². The Morgan fingerprint density at radius 1 is 1.50 bits per heavy atom. The quantitative estimate of drug-likeness (QED) is 0.907. The molecule has 3 nitrogen and oxygen atoms in total. The number of aromatic nitrogens is 1. The number of nitriles is 1. The fourth-order valence-electron chi connectivity index (χ4n) is 2.28. The van der Waals surface area contributed by atoms with E-state index in [2.05, 4.69) is 16.4 Å². The summed E-state index contributed by atoms with van der Waals surface area (Å²) in [5.41, 5.74) is 2.65. The van der Waals surface area contributed by atoms with E-state index in [1.807, 2.05) is 31.7 Å². The average Bonchev–Trinajstić information content (AvgIpc) is 2.37. The van der Waals surface area contributed by atoms with Gasteiger partial charge in [-0.2, -0.15) is 17.0 Å². The van der Waals surface area contributed by atoms with Crippen molar-refractivity contribution in [2.75, 3.05) is 17.6 Å². The molecule has 18 heavy (non-hydrogen) atoms. The summed E-state index contributed by atoms with van der Waals surface area (Å²) >= 11 is 2.03. The van der Waals surface area contributed by atoms with Gasteiger partial charge in [-0.1, -0.05) is 6.42 Å². The molecule has 0 amide bonds. The summed E-state index contributed by atoms with van der Waals surface area (Å²) in [7, 11) is 0. The van der Waals surface area contributed by atoms with E-state index in [1.54, 1.807) is 0 Å². The second-order valence-corrected chi connectivity index (χ2v) is 6.19. The van der Waals surface area contributed by atoms with Crippen LogP contribution in [0.4, 0.5) is 5.82 Å². The highest BCUT2D eigenvalue weighted by Crippen LogP contribution is 2.26. The summed E-state index contributed by atoms with van der Waals surface area (Å²) in [6.45, 7) is 4.84. The number of pyridine rings is 1. The molecule has 0 spiro atoms. The molecule has 1 fully saturated rings. The van der Waals surface area contributed by atoms with Crippen molar-refractivity contribution in [2.45, 2.75) is 38.4 Å². The van der Waals surface area contributed by atoms with Gasteiger partial charge in [-0.25, -0.2) is 4.98 Å². The number of nitrogens with zero attached hydrogens (tertiary/aromatic N) is 2. The number of hydrogen-bond donors (Lipinski definition) is 1. The molecule has 1 atom stereocenters. The monoisotopic (exact) mass is 261 g/mol. The molecule has 0 aromatic carbocycles. The van der Waals surface area contributed by atoms with E-state index >= 15 is 0 Å². The Kier molecular flexibility index (Phi) is 4.48. The predicted octanol–water partition coefficient (Wildman–Crippen LogP) is 3.27. The van der Waals surface area contributed by atoms with Crippen LogP contribution in [0.3, 0.4) is 0 Å². The van der Waals surface area contributed by atoms with Crippen LogP contribution in [0.25, 0.3) is 0 Å². The van der Waals surface area contributed by atoms with E-state index in [1.165, 1.54) is 25.0 Å². The minimum absolute atomic E-state index is 0.660. The van der Waals surface area contributed by atoms with Gasteiger partial charge < -0.3 is 5.32 Å². The first kappa shape index (κ1) is 13.2. The summed E-state index contributed by atoms with van der Waals surface area (Å²) in [6.07, 6.45) is 3.93. The van der Waals surface area contributed by atoms with E-state index in [0.29, 0.717) is 10.8 Å². The van der Waals surface area contributed by atoms with Crippen LogP contribution in [0.15, 0.2) is 6.07 Å². The number of anilines is 1. The highest BCUT2D eigenvalue weighted by atomic mass is 32.2. The first-order chi connectivity index (χ1) is 8.70. The molecule has 0 saturated carbocycles. The van der Waals surface area contributed by atoms with Crippen LogP contribution in [0, 0.1) is 25.2 Å². The average molecular weight is 261 g/mol. The number of hydrogen-bond acceptors (Lipinski definition) is 4. The molecule has 2 heterocycles. The van der Waals surface area contributed by atoms with Crippen LogP contribution in [-0.4, -0.2) is 22.5 Å². The maximum absolute atomic E-state index is 9.19. The molecule has 1 aromatic rings. The number of nitrogens with one attached hydrogen (secondary N) is 1. The number of rotatable bonds is 3. The third-order valence-electron chi connectivity index (χ3n) is 3.23. The zero-order chi connectivity index (χ0) is 13.0. The second kappa shape index (κ2) is 6.10. The van der Waals surface area contributed by atoms with Crippen LogP contribution in [-0.2, 0) is 0 Å². The first-order valence-corrected chi connectivity index (χ1v) is 7.49. The lowest BCUT2D eigenvalue weighted by molar-refractivity contribution is 0.677. The molecule has 0 aliphatic carbocycles. The van der Waals surface area contributed by atoms with Crippen molar-refractivity contribution in [3.63, 3.8) is 0 Å². The lowest BCUT2D eigenvalue weighted by Crippen LogP contribution is -2.21. The van der Waals surface area contributed by atoms with Crippen LogP contribution >= 0.6 is 11.8 Å². The van der Waals surface area contributed by atoms with Gasteiger partial charge in [0, 0.05) is 17.5 Å². The number of thioether (sulfide) groups is 1. The Morgan fingerprint density at radius 3 is 3.00 bits per heavy atom. The van der Waals surface area contributed by atoms with Gasteiger partial charge >= 0.3 is 0 Å². The molecule has 1 aliphatic heterocycles. The SMILES string of the molecule is Cc1cc(C)c(C#N)c(NCC2CCCCS2)n1. The summed E-state index contributed by atoms with van der Waals surface area (Å²) in [4.78, 5) is 4.45. The summed E-state index contributed by atoms with van der Waals surface area (Å²) in [6, 6.07) is 4.20. The normalized spacial score (nSPS) is 19.3. The minimum atomic E-state index is 0.660. The second-order valence-electron chi connectivity index (χ2n) is 4.79. The fourth-order valence-corrected chi connectivity index (χ4v) is 3.52. The van der Waals surface area contributed by atoms with Crippen LogP contribution in [0.2, 0.25) is 0 Å². The van der Waals surface area contributed by atoms with Crippen molar-refractivity contribution in [2.24, 2.45) is 0 Å². The molecular weight excluding hydrogens is 242 g/mol. The van der Waals surface area contributed by atoms with Crippen LogP contribution in [0.1, 0.15) is 36.1 Å². The Labute approximate surface area is 113 Å². The van der Waals surface area contributed by atoms with Crippen molar-refractivity contribution in [3.05, 3.63) is 22.9 Å². The Morgan fingerprint density at radius 2 is 2.33 bits per heavy atom. The lowest BCUT2D eigenvalue weighted by atomic mass is 10.1. The lowest BCUT2D eigenvalue weighted by Gasteiger charge is -2.22. The third-order valence-corrected chi connectivity index (χ3v) is 4.63. The molecule has 96 valence electrons. The summed E-state index contributed by atoms with van der Waals surface area (Å²) in [5.74, 6) is 2.01. The molecule has 4 heteroatoms. The van der Waals surface area contributed by atoms with Crippen molar-refractivity contribution in [3.8, 4) is 6.07 Å². The van der Waals surface area contributed by atoms with E-state index in [-0.39, 0.29) is 0 Å².